The van der Waals surface area contributed by atoms with E-state index in [0.29, 0.717) is 12.8 Å². The Morgan fingerprint density at radius 1 is 0.793 bits per heavy atom. The van der Waals surface area contributed by atoms with Crippen molar-refractivity contribution in [1.82, 2.24) is 0 Å². The second-order valence-corrected chi connectivity index (χ2v) is 10.9. The molecule has 2 unspecified atom stereocenters. The quantitative estimate of drug-likeness (QED) is 0.631. The van der Waals surface area contributed by atoms with Crippen molar-refractivity contribution in [3.63, 3.8) is 0 Å². The smallest absolute Gasteiger partial charge is 0.260 e. The van der Waals surface area contributed by atoms with E-state index >= 15 is 0 Å². The SMILES string of the molecule is Cc1ccc(S(=O)(=O)OC2CCCCC2(C)OS(=O)(=O)c2ccc(C)cc2)cc1. The van der Waals surface area contributed by atoms with Gasteiger partial charge < -0.3 is 0 Å². The Morgan fingerprint density at radius 2 is 1.28 bits per heavy atom. The third-order valence-corrected chi connectivity index (χ3v) is 8.02. The first-order chi connectivity index (χ1) is 13.5. The number of hydrogen-bond acceptors (Lipinski definition) is 6. The number of rotatable bonds is 6. The highest BCUT2D eigenvalue weighted by molar-refractivity contribution is 7.87. The van der Waals surface area contributed by atoms with Crippen LogP contribution in [-0.4, -0.2) is 28.5 Å². The summed E-state index contributed by atoms with van der Waals surface area (Å²) in [5.74, 6) is 0. The van der Waals surface area contributed by atoms with Gasteiger partial charge in [0.2, 0.25) is 0 Å². The maximum atomic E-state index is 12.8. The van der Waals surface area contributed by atoms with Crippen LogP contribution in [0.4, 0.5) is 0 Å². The second-order valence-electron chi connectivity index (χ2n) is 7.76. The fourth-order valence-electron chi connectivity index (χ4n) is 3.43. The first-order valence-electron chi connectivity index (χ1n) is 9.54. The fraction of sp³-hybridized carbons (Fsp3) is 0.429. The maximum absolute atomic E-state index is 12.8. The summed E-state index contributed by atoms with van der Waals surface area (Å²) in [6.45, 7) is 5.33. The van der Waals surface area contributed by atoms with Gasteiger partial charge >= 0.3 is 0 Å². The van der Waals surface area contributed by atoms with Crippen molar-refractivity contribution in [3.8, 4) is 0 Å². The van der Waals surface area contributed by atoms with Gasteiger partial charge in [-0.15, -0.1) is 0 Å². The molecule has 0 bridgehead atoms. The summed E-state index contributed by atoms with van der Waals surface area (Å²) in [6.07, 6.45) is 1.34. The Bertz CT molecular complexity index is 1060. The zero-order valence-electron chi connectivity index (χ0n) is 16.8. The van der Waals surface area contributed by atoms with Gasteiger partial charge in [0.1, 0.15) is 11.7 Å². The predicted octanol–water partition coefficient (Wildman–Crippen LogP) is 4.12. The average molecular weight is 439 g/mol. The van der Waals surface area contributed by atoms with Crippen molar-refractivity contribution in [1.29, 1.82) is 0 Å². The Labute approximate surface area is 173 Å². The molecule has 6 nitrogen and oxygen atoms in total. The molecule has 8 heteroatoms. The molecule has 0 heterocycles. The van der Waals surface area contributed by atoms with Crippen LogP contribution in [0, 0.1) is 13.8 Å². The predicted molar refractivity (Wildman–Crippen MR) is 110 cm³/mol. The maximum Gasteiger partial charge on any atom is 0.297 e. The van der Waals surface area contributed by atoms with Gasteiger partial charge in [0.25, 0.3) is 20.2 Å². The number of aryl methyl sites for hydroxylation is 2. The molecule has 0 radical (unpaired) electrons. The molecule has 3 rings (SSSR count). The fourth-order valence-corrected chi connectivity index (χ4v) is 5.88. The third kappa shape index (κ3) is 5.06. The molecular weight excluding hydrogens is 412 g/mol. The van der Waals surface area contributed by atoms with Gasteiger partial charge in [0.05, 0.1) is 9.79 Å². The van der Waals surface area contributed by atoms with Crippen molar-refractivity contribution in [2.75, 3.05) is 0 Å². The number of benzene rings is 2. The van der Waals surface area contributed by atoms with Crippen LogP contribution in [0.2, 0.25) is 0 Å². The van der Waals surface area contributed by atoms with Crippen molar-refractivity contribution in [2.24, 2.45) is 0 Å². The van der Waals surface area contributed by atoms with Gasteiger partial charge in [-0.1, -0.05) is 48.2 Å². The molecule has 2 aromatic rings. The van der Waals surface area contributed by atoms with E-state index in [1.54, 1.807) is 31.2 Å². The minimum atomic E-state index is -4.07. The molecule has 0 aromatic heterocycles. The highest BCUT2D eigenvalue weighted by atomic mass is 32.2. The largest absolute Gasteiger partial charge is 0.297 e. The lowest BCUT2D eigenvalue weighted by Gasteiger charge is -2.39. The molecule has 0 spiro atoms. The third-order valence-electron chi connectivity index (χ3n) is 5.23. The molecule has 158 valence electrons. The zero-order chi connectivity index (χ0) is 21.3. The lowest BCUT2D eigenvalue weighted by molar-refractivity contribution is -0.0476. The monoisotopic (exact) mass is 438 g/mol. The van der Waals surface area contributed by atoms with Crippen molar-refractivity contribution >= 4 is 20.2 Å². The number of hydrogen-bond donors (Lipinski definition) is 0. The Morgan fingerprint density at radius 3 is 1.79 bits per heavy atom. The molecular formula is C21H26O6S2. The van der Waals surface area contributed by atoms with Gasteiger partial charge in [0.15, 0.2) is 0 Å². The van der Waals surface area contributed by atoms with Crippen LogP contribution < -0.4 is 0 Å². The van der Waals surface area contributed by atoms with Crippen LogP contribution in [0.1, 0.15) is 43.7 Å². The minimum Gasteiger partial charge on any atom is -0.260 e. The van der Waals surface area contributed by atoms with Gasteiger partial charge in [-0.25, -0.2) is 0 Å². The Hall–Kier alpha value is -1.74. The summed E-state index contributed by atoms with van der Waals surface area (Å²) in [6, 6.07) is 12.7. The van der Waals surface area contributed by atoms with Crippen LogP contribution in [0.3, 0.4) is 0 Å². The highest BCUT2D eigenvalue weighted by Crippen LogP contribution is 2.38. The van der Waals surface area contributed by atoms with Gasteiger partial charge in [-0.2, -0.15) is 16.8 Å². The summed E-state index contributed by atoms with van der Waals surface area (Å²) in [5.41, 5.74) is 0.580. The van der Waals surface area contributed by atoms with Gasteiger partial charge in [-0.3, -0.25) is 8.37 Å². The minimum absolute atomic E-state index is 0.0371. The zero-order valence-corrected chi connectivity index (χ0v) is 18.4. The Kier molecular flexibility index (Phi) is 6.19. The molecule has 0 amide bonds. The van der Waals surface area contributed by atoms with Crippen LogP contribution in [0.15, 0.2) is 58.3 Å². The average Bonchev–Trinajstić information content (AvgIpc) is 2.64. The molecule has 29 heavy (non-hydrogen) atoms. The van der Waals surface area contributed by atoms with E-state index in [0.717, 1.165) is 24.0 Å². The first-order valence-corrected chi connectivity index (χ1v) is 12.4. The molecule has 0 N–H and O–H groups in total. The van der Waals surface area contributed by atoms with Crippen molar-refractivity contribution in [3.05, 3.63) is 59.7 Å². The summed E-state index contributed by atoms with van der Waals surface area (Å²) in [4.78, 5) is 0.0763. The summed E-state index contributed by atoms with van der Waals surface area (Å²) in [5, 5.41) is 0. The van der Waals surface area contributed by atoms with E-state index in [4.69, 9.17) is 8.37 Å². The molecule has 1 saturated carbocycles. The first kappa shape index (κ1) is 22.0. The van der Waals surface area contributed by atoms with E-state index < -0.39 is 31.9 Å². The summed E-state index contributed by atoms with van der Waals surface area (Å²) >= 11 is 0. The van der Waals surface area contributed by atoms with E-state index in [-0.39, 0.29) is 9.79 Å². The lowest BCUT2D eigenvalue weighted by atomic mass is 9.84. The van der Waals surface area contributed by atoms with Crippen molar-refractivity contribution in [2.45, 2.75) is 68.0 Å². The van der Waals surface area contributed by atoms with Crippen LogP contribution in [0.25, 0.3) is 0 Å². The molecule has 0 aliphatic heterocycles. The normalized spacial score (nSPS) is 23.1. The topological polar surface area (TPSA) is 86.7 Å². The van der Waals surface area contributed by atoms with E-state index in [9.17, 15) is 16.8 Å². The van der Waals surface area contributed by atoms with Crippen molar-refractivity contribution < 1.29 is 25.2 Å². The molecule has 1 aliphatic carbocycles. The molecule has 1 aliphatic rings. The van der Waals surface area contributed by atoms with E-state index in [1.807, 2.05) is 13.8 Å². The van der Waals surface area contributed by atoms with Crippen LogP contribution >= 0.6 is 0 Å². The highest BCUT2D eigenvalue weighted by Gasteiger charge is 2.45. The van der Waals surface area contributed by atoms with E-state index in [1.165, 1.54) is 24.3 Å². The molecule has 1 fully saturated rings. The van der Waals surface area contributed by atoms with Gasteiger partial charge in [0, 0.05) is 0 Å². The molecule has 2 atom stereocenters. The summed E-state index contributed by atoms with van der Waals surface area (Å²) in [7, 11) is -8.12. The second kappa shape index (κ2) is 8.18. The molecule has 0 saturated heterocycles. The van der Waals surface area contributed by atoms with E-state index in [2.05, 4.69) is 0 Å². The lowest BCUT2D eigenvalue weighted by Crippen LogP contribution is -2.48. The Balaban J connectivity index is 1.86. The van der Waals surface area contributed by atoms with Gasteiger partial charge in [-0.05, 0) is 57.9 Å². The summed E-state index contributed by atoms with van der Waals surface area (Å²) < 4.78 is 62.2. The molecule has 2 aromatic carbocycles. The standard InChI is InChI=1S/C21H26O6S2/c1-16-7-11-18(12-8-16)28(22,23)26-20-6-4-5-15-21(20,3)27-29(24,25)19-13-9-17(2)10-14-19/h7-14,20H,4-6,15H2,1-3H3. The van der Waals surface area contributed by atoms with Crippen LogP contribution in [0.5, 0.6) is 0 Å². The van der Waals surface area contributed by atoms with Crippen LogP contribution in [-0.2, 0) is 28.6 Å².